The largest absolute Gasteiger partial charge is 0.456 e. The predicted molar refractivity (Wildman–Crippen MR) is 119 cm³/mol. The molecule has 0 radical (unpaired) electrons. The van der Waals surface area contributed by atoms with E-state index in [0.717, 1.165) is 4.47 Å². The Morgan fingerprint density at radius 1 is 1.14 bits per heavy atom. The lowest BCUT2D eigenvalue weighted by Gasteiger charge is -2.24. The van der Waals surface area contributed by atoms with Crippen LogP contribution in [0.15, 0.2) is 45.3 Å². The molecule has 0 amide bonds. The number of hydrogen-bond donors (Lipinski definition) is 1. The summed E-state index contributed by atoms with van der Waals surface area (Å²) in [6, 6.07) is 9.68. The van der Waals surface area contributed by atoms with Crippen molar-refractivity contribution in [1.29, 1.82) is 0 Å². The number of rotatable bonds is 10. The van der Waals surface area contributed by atoms with Gasteiger partial charge < -0.3 is 19.1 Å². The van der Waals surface area contributed by atoms with E-state index in [9.17, 15) is 14.7 Å². The van der Waals surface area contributed by atoms with Gasteiger partial charge in [0.05, 0.1) is 22.6 Å². The lowest BCUT2D eigenvalue weighted by atomic mass is 10.2. The van der Waals surface area contributed by atoms with Crippen molar-refractivity contribution in [3.63, 3.8) is 0 Å². The number of nitro benzene ring substituents is 1. The molecule has 2 aromatic rings. The van der Waals surface area contributed by atoms with E-state index in [4.69, 9.17) is 13.8 Å². The zero-order valence-electron chi connectivity index (χ0n) is 16.1. The number of hydrogen-bond acceptors (Lipinski definition) is 7. The Balaban J connectivity index is 2.35. The highest BCUT2D eigenvalue weighted by Crippen LogP contribution is 2.53. The average Bonchev–Trinajstić information content (AvgIpc) is 2.64. The minimum Gasteiger partial charge on any atom is -0.456 e. The smallest absolute Gasteiger partial charge is 0.352 e. The fourth-order valence-corrected chi connectivity index (χ4v) is 5.13. The number of nitrogens with zero attached hydrogens (tertiary/aromatic N) is 1. The van der Waals surface area contributed by atoms with Crippen molar-refractivity contribution in [2.45, 2.75) is 26.6 Å². The third kappa shape index (κ3) is 6.26. The highest BCUT2D eigenvalue weighted by atomic mass is 79.9. The van der Waals surface area contributed by atoms with Gasteiger partial charge in [0.1, 0.15) is 23.0 Å². The number of anilines is 1. The van der Waals surface area contributed by atoms with E-state index in [-0.39, 0.29) is 24.6 Å². The molecule has 11 heteroatoms. The molecule has 1 unspecified atom stereocenters. The van der Waals surface area contributed by atoms with Gasteiger partial charge in [-0.3, -0.25) is 14.7 Å². The van der Waals surface area contributed by atoms with E-state index in [2.05, 4.69) is 37.2 Å². The van der Waals surface area contributed by atoms with E-state index in [1.165, 1.54) is 18.2 Å². The van der Waals surface area contributed by atoms with Gasteiger partial charge in [0.25, 0.3) is 5.69 Å². The van der Waals surface area contributed by atoms with Crippen LogP contribution in [0.4, 0.5) is 11.4 Å². The highest BCUT2D eigenvalue weighted by molar-refractivity contribution is 9.11. The molecule has 158 valence electrons. The number of nitro groups is 1. The molecule has 2 rings (SSSR count). The van der Waals surface area contributed by atoms with E-state index < -0.39 is 18.3 Å². The van der Waals surface area contributed by atoms with Crippen molar-refractivity contribution in [2.75, 3.05) is 18.5 Å². The van der Waals surface area contributed by atoms with Crippen LogP contribution in [0.25, 0.3) is 0 Å². The Bertz CT molecular complexity index is 917. The van der Waals surface area contributed by atoms with Gasteiger partial charge in [-0.1, -0.05) is 15.9 Å². The van der Waals surface area contributed by atoms with Crippen LogP contribution >= 0.6 is 39.5 Å². The Morgan fingerprint density at radius 3 is 2.34 bits per heavy atom. The maximum Gasteiger partial charge on any atom is 0.352 e. The van der Waals surface area contributed by atoms with Crippen LogP contribution in [0.3, 0.4) is 0 Å². The van der Waals surface area contributed by atoms with E-state index in [1.54, 1.807) is 26.8 Å². The fourth-order valence-electron chi connectivity index (χ4n) is 2.46. The predicted octanol–water partition coefficient (Wildman–Crippen LogP) is 6.94. The van der Waals surface area contributed by atoms with Gasteiger partial charge in [-0.25, -0.2) is 0 Å². The van der Waals surface area contributed by atoms with E-state index >= 15 is 0 Å². The lowest BCUT2D eigenvalue weighted by molar-refractivity contribution is -0.384. The molecule has 0 saturated heterocycles. The highest BCUT2D eigenvalue weighted by Gasteiger charge is 2.33. The van der Waals surface area contributed by atoms with Crippen molar-refractivity contribution in [3.05, 3.63) is 55.5 Å². The average molecular weight is 552 g/mol. The summed E-state index contributed by atoms with van der Waals surface area (Å²) in [5, 5.41) is 14.3. The van der Waals surface area contributed by atoms with Crippen molar-refractivity contribution in [1.82, 2.24) is 0 Å². The summed E-state index contributed by atoms with van der Waals surface area (Å²) in [6.45, 7) is 5.36. The van der Waals surface area contributed by atoms with Gasteiger partial charge in [0, 0.05) is 16.6 Å². The summed E-state index contributed by atoms with van der Waals surface area (Å²) in [7, 11) is -3.51. The van der Waals surface area contributed by atoms with E-state index in [1.807, 2.05) is 12.1 Å². The second-order valence-corrected chi connectivity index (χ2v) is 9.95. The summed E-state index contributed by atoms with van der Waals surface area (Å²) in [4.78, 5) is 10.9. The summed E-state index contributed by atoms with van der Waals surface area (Å²) < 4.78 is 31.0. The topological polar surface area (TPSA) is 99.9 Å². The first-order chi connectivity index (χ1) is 13.7. The maximum absolute atomic E-state index is 12.9. The van der Waals surface area contributed by atoms with Gasteiger partial charge in [-0.15, -0.1) is 0 Å². The molecule has 0 heterocycles. The Morgan fingerprint density at radius 2 is 1.79 bits per heavy atom. The van der Waals surface area contributed by atoms with Gasteiger partial charge >= 0.3 is 7.60 Å². The maximum atomic E-state index is 12.9. The van der Waals surface area contributed by atoms with Gasteiger partial charge in [0.15, 0.2) is 0 Å². The zero-order chi connectivity index (χ0) is 21.6. The van der Waals surface area contributed by atoms with Gasteiger partial charge in [-0.2, -0.15) is 0 Å². The molecule has 0 fully saturated rings. The summed E-state index contributed by atoms with van der Waals surface area (Å²) in [5.74, 6) is 0.0992. The molecule has 1 N–H and O–H groups in total. The minimum atomic E-state index is -3.51. The van der Waals surface area contributed by atoms with Crippen LogP contribution in [0.1, 0.15) is 20.8 Å². The molecular formula is C18H21Br2N2O6P. The van der Waals surface area contributed by atoms with Crippen molar-refractivity contribution >= 4 is 50.8 Å². The van der Waals surface area contributed by atoms with Crippen molar-refractivity contribution in [3.8, 4) is 11.5 Å². The second kappa shape index (κ2) is 10.5. The van der Waals surface area contributed by atoms with Crippen molar-refractivity contribution < 1.29 is 23.3 Å². The number of benzene rings is 2. The Labute approximate surface area is 185 Å². The Hall–Kier alpha value is -1.45. The summed E-state index contributed by atoms with van der Waals surface area (Å²) in [6.07, 6.45) is 0. The molecule has 1 atom stereocenters. The molecule has 2 aromatic carbocycles. The summed E-state index contributed by atoms with van der Waals surface area (Å²) >= 11 is 6.78. The quantitative estimate of drug-likeness (QED) is 0.194. The fraction of sp³-hybridized carbons (Fsp3) is 0.333. The molecule has 0 aliphatic carbocycles. The lowest BCUT2D eigenvalue weighted by Crippen LogP contribution is -2.19. The first-order valence-corrected chi connectivity index (χ1v) is 12.0. The van der Waals surface area contributed by atoms with Gasteiger partial charge in [-0.05, 0) is 61.0 Å². The molecule has 0 aliphatic heterocycles. The van der Waals surface area contributed by atoms with Crippen LogP contribution in [0, 0.1) is 10.1 Å². The third-order valence-electron chi connectivity index (χ3n) is 3.74. The zero-order valence-corrected chi connectivity index (χ0v) is 20.1. The number of halogens is 2. The monoisotopic (exact) mass is 550 g/mol. The van der Waals surface area contributed by atoms with Gasteiger partial charge in [0.2, 0.25) is 0 Å². The van der Waals surface area contributed by atoms with Crippen molar-refractivity contribution in [2.24, 2.45) is 0 Å². The molecule has 0 aliphatic rings. The number of ether oxygens (including phenoxy) is 1. The molecule has 0 bridgehead atoms. The van der Waals surface area contributed by atoms with Crippen LogP contribution in [0.2, 0.25) is 0 Å². The van der Waals surface area contributed by atoms with Crippen LogP contribution in [-0.2, 0) is 13.6 Å². The second-order valence-electron chi connectivity index (χ2n) is 5.81. The van der Waals surface area contributed by atoms with Crippen LogP contribution in [0.5, 0.6) is 11.5 Å². The van der Waals surface area contributed by atoms with Crippen LogP contribution < -0.4 is 10.1 Å². The Kier molecular flexibility index (Phi) is 8.66. The molecule has 0 saturated carbocycles. The molecule has 0 aromatic heterocycles. The summed E-state index contributed by atoms with van der Waals surface area (Å²) in [5.41, 5.74) is -0.0357. The molecule has 29 heavy (non-hydrogen) atoms. The minimum absolute atomic E-state index is 0.146. The first-order valence-electron chi connectivity index (χ1n) is 8.76. The molecule has 8 nitrogen and oxygen atoms in total. The van der Waals surface area contributed by atoms with Crippen LogP contribution in [-0.4, -0.2) is 23.9 Å². The van der Waals surface area contributed by atoms with E-state index in [0.29, 0.717) is 16.0 Å². The molecular weight excluding hydrogens is 531 g/mol. The SMILES string of the molecule is CCOP(=O)(OCC)C(C)Nc1cc(Oc2ccc(Br)cc2Br)ccc1[N+](=O)[O-]. The normalized spacial score (nSPS) is 12.4. The third-order valence-corrected chi connectivity index (χ3v) is 7.17. The first kappa shape index (κ1) is 23.8. The molecule has 0 spiro atoms. The number of nitrogens with one attached hydrogen (secondary N) is 1. The standard InChI is InChI=1S/C18H21Br2N2O6P/c1-4-26-29(25,27-5-2)12(3)21-16-11-14(7-8-17(16)22(23)24)28-18-9-6-13(19)10-15(18)20/h6-12,21H,4-5H2,1-3H3.